The van der Waals surface area contributed by atoms with Crippen LogP contribution in [0.1, 0.15) is 31.2 Å². The molecule has 1 aromatic carbocycles. The first-order valence-corrected chi connectivity index (χ1v) is 6.68. The number of nitriles is 1. The summed E-state index contributed by atoms with van der Waals surface area (Å²) in [4.78, 5) is 0. The van der Waals surface area contributed by atoms with Crippen LogP contribution in [0.5, 0.6) is 0 Å². The van der Waals surface area contributed by atoms with E-state index >= 15 is 0 Å². The minimum atomic E-state index is -4.15. The van der Waals surface area contributed by atoms with Crippen LogP contribution in [0.2, 0.25) is 0 Å². The van der Waals surface area contributed by atoms with E-state index in [4.69, 9.17) is 0 Å². The number of anilines is 1. The molecule has 5 heteroatoms. The Bertz CT molecular complexity index is 509. The number of hydrogen-bond donors (Lipinski definition) is 1. The van der Waals surface area contributed by atoms with Gasteiger partial charge in [0.1, 0.15) is 5.54 Å². The first-order chi connectivity index (χ1) is 9.36. The van der Waals surface area contributed by atoms with E-state index in [1.807, 2.05) is 31.2 Å². The van der Waals surface area contributed by atoms with Gasteiger partial charge in [-0.2, -0.15) is 18.4 Å². The molecule has 1 aliphatic carbocycles. The van der Waals surface area contributed by atoms with Crippen molar-refractivity contribution in [3.05, 3.63) is 29.8 Å². The molecule has 0 unspecified atom stereocenters. The van der Waals surface area contributed by atoms with E-state index in [9.17, 15) is 18.4 Å². The summed E-state index contributed by atoms with van der Waals surface area (Å²) in [5, 5.41) is 12.5. The number of hydrogen-bond acceptors (Lipinski definition) is 2. The third kappa shape index (κ3) is 3.06. The van der Waals surface area contributed by atoms with Crippen LogP contribution in [0.4, 0.5) is 18.9 Å². The van der Waals surface area contributed by atoms with Gasteiger partial charge in [0.25, 0.3) is 0 Å². The lowest BCUT2D eigenvalue weighted by Crippen LogP contribution is -2.43. The average Bonchev–Trinajstić information content (AvgIpc) is 2.41. The van der Waals surface area contributed by atoms with Crippen LogP contribution in [0.15, 0.2) is 24.3 Å². The second-order valence-electron chi connectivity index (χ2n) is 5.45. The smallest absolute Gasteiger partial charge is 0.367 e. The van der Waals surface area contributed by atoms with Gasteiger partial charge in [0.15, 0.2) is 0 Å². The van der Waals surface area contributed by atoms with Crippen LogP contribution in [-0.4, -0.2) is 11.7 Å². The Balaban J connectivity index is 2.10. The fraction of sp³-hybridized carbons (Fsp3) is 0.533. The highest BCUT2D eigenvalue weighted by atomic mass is 19.4. The number of nitrogens with one attached hydrogen (secondary N) is 1. The van der Waals surface area contributed by atoms with E-state index in [2.05, 4.69) is 11.4 Å². The summed E-state index contributed by atoms with van der Waals surface area (Å²) >= 11 is 0. The molecule has 0 bridgehead atoms. The zero-order valence-electron chi connectivity index (χ0n) is 11.3. The molecule has 1 N–H and O–H groups in total. The van der Waals surface area contributed by atoms with Crippen molar-refractivity contribution in [3.8, 4) is 6.07 Å². The maximum absolute atomic E-state index is 12.7. The Kier molecular flexibility index (Phi) is 3.94. The van der Waals surface area contributed by atoms with Gasteiger partial charge in [0.2, 0.25) is 0 Å². The number of aryl methyl sites for hydroxylation is 1. The van der Waals surface area contributed by atoms with Gasteiger partial charge < -0.3 is 5.32 Å². The van der Waals surface area contributed by atoms with Crippen molar-refractivity contribution in [2.45, 2.75) is 44.3 Å². The summed E-state index contributed by atoms with van der Waals surface area (Å²) in [5.74, 6) is -1.28. The van der Waals surface area contributed by atoms with Crippen LogP contribution in [0, 0.1) is 24.2 Å². The SMILES string of the molecule is Cc1ccccc1NC1(C#N)CCC(C(F)(F)F)CC1. The van der Waals surface area contributed by atoms with E-state index in [-0.39, 0.29) is 25.7 Å². The quantitative estimate of drug-likeness (QED) is 0.871. The molecule has 0 heterocycles. The zero-order chi connectivity index (χ0) is 14.8. The molecular weight excluding hydrogens is 265 g/mol. The zero-order valence-corrected chi connectivity index (χ0v) is 11.3. The lowest BCUT2D eigenvalue weighted by atomic mass is 9.76. The standard InChI is InChI=1S/C15H17F3N2/c1-11-4-2-3-5-13(11)20-14(10-19)8-6-12(7-9-14)15(16,17)18/h2-5,12,20H,6-9H2,1H3. The molecule has 0 aromatic heterocycles. The Morgan fingerprint density at radius 2 is 1.85 bits per heavy atom. The van der Waals surface area contributed by atoms with Crippen LogP contribution in [0.3, 0.4) is 0 Å². The molecule has 0 spiro atoms. The third-order valence-corrected chi connectivity index (χ3v) is 4.04. The van der Waals surface area contributed by atoms with Gasteiger partial charge in [-0.1, -0.05) is 18.2 Å². The average molecular weight is 282 g/mol. The lowest BCUT2D eigenvalue weighted by Gasteiger charge is -2.37. The number of para-hydroxylation sites is 1. The van der Waals surface area contributed by atoms with Crippen LogP contribution in [0.25, 0.3) is 0 Å². The van der Waals surface area contributed by atoms with Gasteiger partial charge in [-0.05, 0) is 44.2 Å². The predicted octanol–water partition coefficient (Wildman–Crippen LogP) is 4.42. The number of rotatable bonds is 2. The number of nitrogens with zero attached hydrogens (tertiary/aromatic N) is 1. The molecule has 2 nitrogen and oxygen atoms in total. The van der Waals surface area contributed by atoms with E-state index in [0.29, 0.717) is 0 Å². The largest absolute Gasteiger partial charge is 0.391 e. The number of alkyl halides is 3. The highest BCUT2D eigenvalue weighted by Gasteiger charge is 2.46. The Labute approximate surface area is 116 Å². The second-order valence-corrected chi connectivity index (χ2v) is 5.45. The molecule has 1 aromatic rings. The molecule has 1 saturated carbocycles. The van der Waals surface area contributed by atoms with Crippen molar-refractivity contribution < 1.29 is 13.2 Å². The number of benzene rings is 1. The maximum Gasteiger partial charge on any atom is 0.391 e. The van der Waals surface area contributed by atoms with Crippen LogP contribution >= 0.6 is 0 Å². The lowest BCUT2D eigenvalue weighted by molar-refractivity contribution is -0.183. The normalized spacial score (nSPS) is 26.9. The fourth-order valence-corrected chi connectivity index (χ4v) is 2.67. The van der Waals surface area contributed by atoms with Crippen molar-refractivity contribution >= 4 is 5.69 Å². The molecule has 108 valence electrons. The molecule has 0 saturated heterocycles. The number of halogens is 3. The van der Waals surface area contributed by atoms with Gasteiger partial charge in [-0.25, -0.2) is 0 Å². The summed E-state index contributed by atoms with van der Waals surface area (Å²) in [6.45, 7) is 1.91. The second kappa shape index (κ2) is 5.35. The van der Waals surface area contributed by atoms with Crippen molar-refractivity contribution in [3.63, 3.8) is 0 Å². The van der Waals surface area contributed by atoms with E-state index in [0.717, 1.165) is 11.3 Å². The Hall–Kier alpha value is -1.70. The summed E-state index contributed by atoms with van der Waals surface area (Å²) in [6.07, 6.45) is -3.68. The van der Waals surface area contributed by atoms with Crippen molar-refractivity contribution in [1.29, 1.82) is 5.26 Å². The highest BCUT2D eigenvalue weighted by molar-refractivity contribution is 5.53. The Morgan fingerprint density at radius 3 is 2.35 bits per heavy atom. The molecule has 2 rings (SSSR count). The monoisotopic (exact) mass is 282 g/mol. The Morgan fingerprint density at radius 1 is 1.25 bits per heavy atom. The first-order valence-electron chi connectivity index (χ1n) is 6.68. The summed E-state index contributed by atoms with van der Waals surface area (Å²) < 4.78 is 38.1. The fourth-order valence-electron chi connectivity index (χ4n) is 2.67. The molecule has 1 aliphatic rings. The highest BCUT2D eigenvalue weighted by Crippen LogP contribution is 2.42. The van der Waals surface area contributed by atoms with Crippen molar-refractivity contribution in [2.24, 2.45) is 5.92 Å². The van der Waals surface area contributed by atoms with Crippen LogP contribution < -0.4 is 5.32 Å². The molecule has 0 amide bonds. The molecular formula is C15H17F3N2. The maximum atomic E-state index is 12.7. The van der Waals surface area contributed by atoms with Crippen molar-refractivity contribution in [1.82, 2.24) is 0 Å². The van der Waals surface area contributed by atoms with Gasteiger partial charge in [-0.15, -0.1) is 0 Å². The molecule has 0 radical (unpaired) electrons. The summed E-state index contributed by atoms with van der Waals surface area (Å²) in [5.41, 5.74) is 0.924. The molecule has 1 fully saturated rings. The minimum Gasteiger partial charge on any atom is -0.367 e. The molecule has 20 heavy (non-hydrogen) atoms. The van der Waals surface area contributed by atoms with Gasteiger partial charge in [0, 0.05) is 5.69 Å². The summed E-state index contributed by atoms with van der Waals surface area (Å²) in [7, 11) is 0. The van der Waals surface area contributed by atoms with E-state index in [1.165, 1.54) is 0 Å². The predicted molar refractivity (Wildman–Crippen MR) is 71.2 cm³/mol. The van der Waals surface area contributed by atoms with Crippen LogP contribution in [-0.2, 0) is 0 Å². The first kappa shape index (κ1) is 14.7. The molecule has 0 aliphatic heterocycles. The molecule has 0 atom stereocenters. The van der Waals surface area contributed by atoms with Gasteiger partial charge in [-0.3, -0.25) is 0 Å². The van der Waals surface area contributed by atoms with Gasteiger partial charge >= 0.3 is 6.18 Å². The van der Waals surface area contributed by atoms with Crippen molar-refractivity contribution in [2.75, 3.05) is 5.32 Å². The third-order valence-electron chi connectivity index (χ3n) is 4.04. The van der Waals surface area contributed by atoms with E-state index in [1.54, 1.807) is 0 Å². The summed E-state index contributed by atoms with van der Waals surface area (Å²) in [6, 6.07) is 9.69. The van der Waals surface area contributed by atoms with Gasteiger partial charge in [0.05, 0.1) is 12.0 Å². The minimum absolute atomic E-state index is 0.00986. The van der Waals surface area contributed by atoms with E-state index < -0.39 is 17.6 Å². The topological polar surface area (TPSA) is 35.8 Å².